The van der Waals surface area contributed by atoms with Crippen LogP contribution in [0.15, 0.2) is 109 Å². The van der Waals surface area contributed by atoms with Gasteiger partial charge in [-0.1, -0.05) is 48.0 Å². The van der Waals surface area contributed by atoms with E-state index in [9.17, 15) is 18.0 Å². The highest BCUT2D eigenvalue weighted by Gasteiger charge is 2.30. The lowest BCUT2D eigenvalue weighted by Crippen LogP contribution is -2.47. The van der Waals surface area contributed by atoms with Crippen molar-refractivity contribution in [2.75, 3.05) is 39.4 Å². The van der Waals surface area contributed by atoms with Crippen LogP contribution in [0.4, 0.5) is 13.2 Å². The summed E-state index contributed by atoms with van der Waals surface area (Å²) < 4.78 is 61.4. The number of amides is 1. The van der Waals surface area contributed by atoms with E-state index in [2.05, 4.69) is 34.1 Å². The summed E-state index contributed by atoms with van der Waals surface area (Å²) in [6.45, 7) is 8.81. The molecular formula is C44H44Cl2F3N3O5. The first-order valence-corrected chi connectivity index (χ1v) is 18.8. The Kier molecular flexibility index (Phi) is 15.3. The zero-order valence-corrected chi connectivity index (χ0v) is 33.2. The van der Waals surface area contributed by atoms with Crippen LogP contribution in [0, 0.1) is 6.92 Å². The number of hydrogen-bond donors (Lipinski definition) is 0. The standard InChI is InChI=1S/C44H43ClF3N3O5.ClH/c1-3-53-37-13-15-38(16-14-37)54-25-20-32-4-6-33(7-5-32)29-50-21-23-51(24-22-50)42(52)19-10-35-26-31(2)43(40(45)27-35)56-41-18-17-39(28-49-41)55-30-34-8-11-36(12-9-34)44(46,47)48;/h4-19,26-28H,3,20-25,29-30H2,1-2H3;1H. The first-order valence-electron chi connectivity index (χ1n) is 18.4. The molecule has 0 atom stereocenters. The van der Waals surface area contributed by atoms with Crippen molar-refractivity contribution in [1.82, 2.24) is 14.8 Å². The van der Waals surface area contributed by atoms with Crippen molar-refractivity contribution in [2.24, 2.45) is 0 Å². The Morgan fingerprint density at radius 3 is 2.05 bits per heavy atom. The van der Waals surface area contributed by atoms with Crippen molar-refractivity contribution in [1.29, 1.82) is 0 Å². The lowest BCUT2D eigenvalue weighted by Gasteiger charge is -2.34. The SMILES string of the molecule is CCOc1ccc(OCCc2ccc(CN3CCN(C(=O)C=Cc4cc(C)c(Oc5ccc(OCc6ccc(C(F)(F)F)cc6)cn5)c(Cl)c4)CC3)cc2)cc1.Cl. The fraction of sp³-hybridized carbons (Fsp3) is 0.273. The molecule has 57 heavy (non-hydrogen) atoms. The summed E-state index contributed by atoms with van der Waals surface area (Å²) in [6.07, 6.45) is 1.22. The van der Waals surface area contributed by atoms with E-state index in [1.165, 1.54) is 29.5 Å². The zero-order chi connectivity index (χ0) is 39.5. The van der Waals surface area contributed by atoms with Crippen molar-refractivity contribution in [3.63, 3.8) is 0 Å². The molecule has 13 heteroatoms. The van der Waals surface area contributed by atoms with Gasteiger partial charge in [0, 0.05) is 51.3 Å². The molecule has 1 aromatic heterocycles. The van der Waals surface area contributed by atoms with Gasteiger partial charge in [-0.15, -0.1) is 12.4 Å². The first-order chi connectivity index (χ1) is 27.0. The second-order valence-corrected chi connectivity index (χ2v) is 13.7. The Labute approximate surface area is 342 Å². The Morgan fingerprint density at radius 2 is 1.44 bits per heavy atom. The third kappa shape index (κ3) is 12.6. The first kappa shape index (κ1) is 42.9. The molecule has 1 aliphatic rings. The molecule has 6 rings (SSSR count). The molecule has 0 N–H and O–H groups in total. The van der Waals surface area contributed by atoms with Crippen LogP contribution in [0.2, 0.25) is 5.02 Å². The normalized spacial score (nSPS) is 13.3. The highest BCUT2D eigenvalue weighted by Crippen LogP contribution is 2.34. The third-order valence-electron chi connectivity index (χ3n) is 9.18. The van der Waals surface area contributed by atoms with Gasteiger partial charge < -0.3 is 23.8 Å². The summed E-state index contributed by atoms with van der Waals surface area (Å²) in [5, 5.41) is 0.362. The van der Waals surface area contributed by atoms with E-state index in [-0.39, 0.29) is 30.8 Å². The molecule has 4 aromatic carbocycles. The number of hydrogen-bond acceptors (Lipinski definition) is 7. The molecule has 300 valence electrons. The van der Waals surface area contributed by atoms with Gasteiger partial charge in [-0.3, -0.25) is 9.69 Å². The monoisotopic (exact) mass is 821 g/mol. The Balaban J connectivity index is 0.00000620. The molecule has 0 aliphatic carbocycles. The molecule has 5 aromatic rings. The molecule has 0 bridgehead atoms. The quantitative estimate of drug-likeness (QED) is 0.0974. The second kappa shape index (κ2) is 20.3. The number of rotatable bonds is 15. The maximum Gasteiger partial charge on any atom is 0.416 e. The van der Waals surface area contributed by atoms with Crippen LogP contribution in [0.3, 0.4) is 0 Å². The Hall–Kier alpha value is -5.23. The third-order valence-corrected chi connectivity index (χ3v) is 9.46. The van der Waals surface area contributed by atoms with Crippen LogP contribution >= 0.6 is 24.0 Å². The van der Waals surface area contributed by atoms with Crippen molar-refractivity contribution >= 4 is 36.0 Å². The topological polar surface area (TPSA) is 73.4 Å². The number of alkyl halides is 3. The zero-order valence-electron chi connectivity index (χ0n) is 31.6. The highest BCUT2D eigenvalue weighted by atomic mass is 35.5. The highest BCUT2D eigenvalue weighted by molar-refractivity contribution is 6.32. The van der Waals surface area contributed by atoms with Gasteiger partial charge in [0.2, 0.25) is 11.8 Å². The minimum Gasteiger partial charge on any atom is -0.494 e. The summed E-state index contributed by atoms with van der Waals surface area (Å²) in [7, 11) is 0. The molecule has 0 radical (unpaired) electrons. The number of piperazine rings is 1. The molecule has 1 aliphatic heterocycles. The lowest BCUT2D eigenvalue weighted by atomic mass is 10.1. The summed E-state index contributed by atoms with van der Waals surface area (Å²) in [5.41, 5.74) is 3.85. The van der Waals surface area contributed by atoms with E-state index in [0.717, 1.165) is 60.8 Å². The number of nitrogens with zero attached hydrogens (tertiary/aromatic N) is 3. The van der Waals surface area contributed by atoms with Gasteiger partial charge in [0.1, 0.15) is 23.9 Å². The van der Waals surface area contributed by atoms with E-state index < -0.39 is 11.7 Å². The molecule has 1 fully saturated rings. The number of ether oxygens (including phenoxy) is 4. The van der Waals surface area contributed by atoms with Crippen LogP contribution in [0.1, 0.15) is 40.3 Å². The Bertz CT molecular complexity index is 2050. The number of halogens is 5. The maximum atomic E-state index is 13.1. The van der Waals surface area contributed by atoms with Gasteiger partial charge in [0.25, 0.3) is 0 Å². The minimum absolute atomic E-state index is 0. The molecule has 2 heterocycles. The fourth-order valence-electron chi connectivity index (χ4n) is 6.11. The van der Waals surface area contributed by atoms with E-state index in [0.29, 0.717) is 48.4 Å². The van der Waals surface area contributed by atoms with Gasteiger partial charge in [-0.2, -0.15) is 13.2 Å². The average molecular weight is 823 g/mol. The Morgan fingerprint density at radius 1 is 0.807 bits per heavy atom. The summed E-state index contributed by atoms with van der Waals surface area (Å²) in [4.78, 5) is 21.6. The smallest absolute Gasteiger partial charge is 0.416 e. The minimum atomic E-state index is -4.39. The van der Waals surface area contributed by atoms with Gasteiger partial charge in [-0.25, -0.2) is 4.98 Å². The predicted octanol–water partition coefficient (Wildman–Crippen LogP) is 10.2. The van der Waals surface area contributed by atoms with Crippen molar-refractivity contribution < 1.29 is 36.9 Å². The van der Waals surface area contributed by atoms with Crippen LogP contribution in [0.25, 0.3) is 6.08 Å². The average Bonchev–Trinajstić information content (AvgIpc) is 3.19. The predicted molar refractivity (Wildman–Crippen MR) is 218 cm³/mol. The molecule has 1 amide bonds. The van der Waals surface area contributed by atoms with Crippen LogP contribution < -0.4 is 18.9 Å². The maximum absolute atomic E-state index is 13.1. The number of pyridine rings is 1. The van der Waals surface area contributed by atoms with Gasteiger partial charge in [-0.05, 0) is 102 Å². The fourth-order valence-corrected chi connectivity index (χ4v) is 6.42. The van der Waals surface area contributed by atoms with E-state index in [1.807, 2.05) is 49.1 Å². The molecule has 0 unspecified atom stereocenters. The molecule has 1 saturated heterocycles. The summed E-state index contributed by atoms with van der Waals surface area (Å²) in [6, 6.07) is 28.0. The van der Waals surface area contributed by atoms with E-state index in [1.54, 1.807) is 30.4 Å². The molecular weight excluding hydrogens is 778 g/mol. The van der Waals surface area contributed by atoms with E-state index in [4.69, 9.17) is 30.5 Å². The van der Waals surface area contributed by atoms with Crippen LogP contribution in [-0.4, -0.2) is 60.1 Å². The molecule has 0 saturated carbocycles. The summed E-state index contributed by atoms with van der Waals surface area (Å²) >= 11 is 6.59. The van der Waals surface area contributed by atoms with Crippen molar-refractivity contribution in [2.45, 2.75) is 39.6 Å². The largest absolute Gasteiger partial charge is 0.494 e. The van der Waals surface area contributed by atoms with Crippen molar-refractivity contribution in [3.8, 4) is 28.9 Å². The van der Waals surface area contributed by atoms with Gasteiger partial charge in [0.15, 0.2) is 5.75 Å². The number of carbonyl (C=O) groups is 1. The summed E-state index contributed by atoms with van der Waals surface area (Å²) in [5.74, 6) is 2.75. The number of aromatic nitrogens is 1. The number of benzene rings is 4. The van der Waals surface area contributed by atoms with Crippen molar-refractivity contribution in [3.05, 3.63) is 148 Å². The number of aryl methyl sites for hydroxylation is 1. The van der Waals surface area contributed by atoms with Gasteiger partial charge >= 0.3 is 6.18 Å². The second-order valence-electron chi connectivity index (χ2n) is 13.3. The molecule has 0 spiro atoms. The van der Waals surface area contributed by atoms with E-state index >= 15 is 0 Å². The molecule has 8 nitrogen and oxygen atoms in total. The van der Waals surface area contributed by atoms with Crippen LogP contribution in [0.5, 0.6) is 28.9 Å². The van der Waals surface area contributed by atoms with Gasteiger partial charge in [0.05, 0.1) is 30.0 Å². The number of carbonyl (C=O) groups excluding carboxylic acids is 1. The van der Waals surface area contributed by atoms with Crippen LogP contribution in [-0.2, 0) is 30.5 Å². The lowest BCUT2D eigenvalue weighted by molar-refractivity contribution is -0.137.